The van der Waals surface area contributed by atoms with Crippen molar-refractivity contribution in [1.82, 2.24) is 20.4 Å². The molecule has 1 rings (SSSR count). The summed E-state index contributed by atoms with van der Waals surface area (Å²) in [5.74, 6) is -0.257. The number of carbonyl (C=O) groups excluding carboxylic acids is 3. The van der Waals surface area contributed by atoms with E-state index in [0.717, 1.165) is 6.42 Å². The molecule has 0 aromatic carbocycles. The summed E-state index contributed by atoms with van der Waals surface area (Å²) >= 11 is 0. The summed E-state index contributed by atoms with van der Waals surface area (Å²) in [5.41, 5.74) is 0. The van der Waals surface area contributed by atoms with E-state index in [1.54, 1.807) is 11.8 Å². The Bertz CT molecular complexity index is 338. The minimum atomic E-state index is -0.450. The first-order chi connectivity index (χ1) is 9.02. The fourth-order valence-electron chi connectivity index (χ4n) is 1.87. The summed E-state index contributed by atoms with van der Waals surface area (Å²) in [6.07, 6.45) is 0.828. The van der Waals surface area contributed by atoms with Gasteiger partial charge in [0.2, 0.25) is 11.8 Å². The Hall–Kier alpha value is -1.63. The van der Waals surface area contributed by atoms with Crippen LogP contribution in [0.5, 0.6) is 0 Å². The Morgan fingerprint density at radius 2 is 1.74 bits per heavy atom. The van der Waals surface area contributed by atoms with Crippen LogP contribution in [0.1, 0.15) is 20.3 Å². The van der Waals surface area contributed by atoms with Gasteiger partial charge in [0, 0.05) is 39.6 Å². The van der Waals surface area contributed by atoms with Crippen LogP contribution in [-0.4, -0.2) is 66.9 Å². The number of amides is 4. The molecule has 19 heavy (non-hydrogen) atoms. The number of hydrogen-bond donors (Lipinski definition) is 2. The molecule has 0 atom stereocenters. The second kappa shape index (κ2) is 7.73. The Morgan fingerprint density at radius 1 is 1.11 bits per heavy atom. The fraction of sp³-hybridized carbons (Fsp3) is 0.750. The Labute approximate surface area is 113 Å². The molecule has 0 aliphatic carbocycles. The van der Waals surface area contributed by atoms with Crippen molar-refractivity contribution in [1.29, 1.82) is 0 Å². The van der Waals surface area contributed by atoms with Crippen molar-refractivity contribution >= 4 is 17.8 Å². The zero-order valence-electron chi connectivity index (χ0n) is 11.6. The lowest BCUT2D eigenvalue weighted by atomic mass is 10.3. The monoisotopic (exact) mass is 270 g/mol. The van der Waals surface area contributed by atoms with Crippen molar-refractivity contribution in [3.8, 4) is 0 Å². The van der Waals surface area contributed by atoms with Crippen molar-refractivity contribution in [3.05, 3.63) is 0 Å². The highest BCUT2D eigenvalue weighted by atomic mass is 16.2. The Balaban J connectivity index is 2.23. The van der Waals surface area contributed by atoms with Crippen molar-refractivity contribution in [3.63, 3.8) is 0 Å². The number of carbonyl (C=O) groups is 3. The molecule has 1 fully saturated rings. The average Bonchev–Trinajstić information content (AvgIpc) is 2.36. The average molecular weight is 270 g/mol. The van der Waals surface area contributed by atoms with Gasteiger partial charge in [-0.1, -0.05) is 6.92 Å². The van der Waals surface area contributed by atoms with E-state index >= 15 is 0 Å². The SMILES string of the molecule is CCCNC(=O)NC(=O)CN1CCN(C(C)=O)CC1. The van der Waals surface area contributed by atoms with Gasteiger partial charge in [-0.2, -0.15) is 0 Å². The summed E-state index contributed by atoms with van der Waals surface area (Å²) in [6.45, 7) is 6.79. The topological polar surface area (TPSA) is 81.8 Å². The highest BCUT2D eigenvalue weighted by molar-refractivity contribution is 5.95. The molecule has 0 saturated carbocycles. The molecule has 108 valence electrons. The summed E-state index contributed by atoms with van der Waals surface area (Å²) in [7, 11) is 0. The lowest BCUT2D eigenvalue weighted by molar-refractivity contribution is -0.130. The largest absolute Gasteiger partial charge is 0.340 e. The van der Waals surface area contributed by atoms with Crippen LogP contribution < -0.4 is 10.6 Å². The molecule has 1 saturated heterocycles. The van der Waals surface area contributed by atoms with Gasteiger partial charge >= 0.3 is 6.03 Å². The smallest absolute Gasteiger partial charge is 0.321 e. The molecule has 1 aliphatic rings. The normalized spacial score (nSPS) is 16.0. The highest BCUT2D eigenvalue weighted by Gasteiger charge is 2.20. The summed E-state index contributed by atoms with van der Waals surface area (Å²) < 4.78 is 0. The van der Waals surface area contributed by atoms with Crippen molar-refractivity contribution < 1.29 is 14.4 Å². The van der Waals surface area contributed by atoms with Crippen LogP contribution in [0, 0.1) is 0 Å². The molecule has 1 heterocycles. The number of nitrogens with zero attached hydrogens (tertiary/aromatic N) is 2. The number of urea groups is 1. The number of piperazine rings is 1. The van der Waals surface area contributed by atoms with Gasteiger partial charge in [-0.05, 0) is 6.42 Å². The van der Waals surface area contributed by atoms with Crippen LogP contribution >= 0.6 is 0 Å². The zero-order valence-corrected chi connectivity index (χ0v) is 11.6. The standard InChI is InChI=1S/C12H22N4O3/c1-3-4-13-12(19)14-11(18)9-15-5-7-16(8-6-15)10(2)17/h3-9H2,1-2H3,(H2,13,14,18,19). The highest BCUT2D eigenvalue weighted by Crippen LogP contribution is 2.01. The minimum Gasteiger partial charge on any atom is -0.340 e. The van der Waals surface area contributed by atoms with Gasteiger partial charge in [-0.25, -0.2) is 4.79 Å². The van der Waals surface area contributed by atoms with E-state index in [-0.39, 0.29) is 18.4 Å². The number of imide groups is 1. The van der Waals surface area contributed by atoms with Crippen LogP contribution in [0.15, 0.2) is 0 Å². The molecule has 1 aliphatic heterocycles. The molecule has 0 aromatic rings. The van der Waals surface area contributed by atoms with Gasteiger partial charge in [0.05, 0.1) is 6.54 Å². The van der Waals surface area contributed by atoms with E-state index in [9.17, 15) is 14.4 Å². The molecule has 0 radical (unpaired) electrons. The molecule has 0 spiro atoms. The molecular weight excluding hydrogens is 248 g/mol. The first-order valence-corrected chi connectivity index (χ1v) is 6.58. The van der Waals surface area contributed by atoms with Gasteiger partial charge in [-0.15, -0.1) is 0 Å². The lowest BCUT2D eigenvalue weighted by Crippen LogP contribution is -2.51. The van der Waals surface area contributed by atoms with E-state index in [2.05, 4.69) is 10.6 Å². The van der Waals surface area contributed by atoms with E-state index in [1.165, 1.54) is 0 Å². The zero-order chi connectivity index (χ0) is 14.3. The second-order valence-corrected chi connectivity index (χ2v) is 4.59. The minimum absolute atomic E-state index is 0.0584. The summed E-state index contributed by atoms with van der Waals surface area (Å²) in [6, 6.07) is -0.450. The third kappa shape index (κ3) is 5.69. The van der Waals surface area contributed by atoms with Gasteiger partial charge in [0.15, 0.2) is 0 Å². The molecule has 7 heteroatoms. The van der Waals surface area contributed by atoms with Gasteiger partial charge in [-0.3, -0.25) is 19.8 Å². The molecule has 0 unspecified atom stereocenters. The van der Waals surface area contributed by atoms with E-state index in [4.69, 9.17) is 0 Å². The molecule has 0 aromatic heterocycles. The van der Waals surface area contributed by atoms with Crippen molar-refractivity contribution in [2.45, 2.75) is 20.3 Å². The first kappa shape index (κ1) is 15.4. The molecular formula is C12H22N4O3. The quantitative estimate of drug-likeness (QED) is 0.714. The van der Waals surface area contributed by atoms with Crippen LogP contribution in [-0.2, 0) is 9.59 Å². The lowest BCUT2D eigenvalue weighted by Gasteiger charge is -2.33. The van der Waals surface area contributed by atoms with Crippen LogP contribution in [0.25, 0.3) is 0 Å². The van der Waals surface area contributed by atoms with Gasteiger partial charge < -0.3 is 10.2 Å². The molecule has 7 nitrogen and oxygen atoms in total. The number of rotatable bonds is 4. The Morgan fingerprint density at radius 3 is 2.26 bits per heavy atom. The predicted molar refractivity (Wildman–Crippen MR) is 70.5 cm³/mol. The van der Waals surface area contributed by atoms with Crippen LogP contribution in [0.4, 0.5) is 4.79 Å². The van der Waals surface area contributed by atoms with Gasteiger partial charge in [0.1, 0.15) is 0 Å². The predicted octanol–water partition coefficient (Wildman–Crippen LogP) is -0.614. The number of hydrogen-bond acceptors (Lipinski definition) is 4. The maximum Gasteiger partial charge on any atom is 0.321 e. The molecule has 4 amide bonds. The van der Waals surface area contributed by atoms with Crippen molar-refractivity contribution in [2.24, 2.45) is 0 Å². The first-order valence-electron chi connectivity index (χ1n) is 6.58. The van der Waals surface area contributed by atoms with E-state index in [0.29, 0.717) is 32.7 Å². The van der Waals surface area contributed by atoms with E-state index < -0.39 is 6.03 Å². The Kier molecular flexibility index (Phi) is 6.27. The third-order valence-corrected chi connectivity index (χ3v) is 2.97. The molecule has 0 bridgehead atoms. The summed E-state index contributed by atoms with van der Waals surface area (Å²) in [5, 5.41) is 4.86. The van der Waals surface area contributed by atoms with Crippen LogP contribution in [0.2, 0.25) is 0 Å². The maximum absolute atomic E-state index is 11.6. The fourth-order valence-corrected chi connectivity index (χ4v) is 1.87. The van der Waals surface area contributed by atoms with Crippen molar-refractivity contribution in [2.75, 3.05) is 39.3 Å². The van der Waals surface area contributed by atoms with E-state index in [1.807, 2.05) is 11.8 Å². The van der Waals surface area contributed by atoms with Gasteiger partial charge in [0.25, 0.3) is 0 Å². The molecule has 2 N–H and O–H groups in total. The number of nitrogens with one attached hydrogen (secondary N) is 2. The summed E-state index contributed by atoms with van der Waals surface area (Å²) in [4.78, 5) is 37.7. The third-order valence-electron chi connectivity index (χ3n) is 2.97. The second-order valence-electron chi connectivity index (χ2n) is 4.59. The maximum atomic E-state index is 11.6. The van der Waals surface area contributed by atoms with Crippen LogP contribution in [0.3, 0.4) is 0 Å².